The second-order valence-electron chi connectivity index (χ2n) is 4.24. The Balaban J connectivity index is 1.95. The minimum absolute atomic E-state index is 0.0588. The molecular weight excluding hydrogens is 204 g/mol. The van der Waals surface area contributed by atoms with Gasteiger partial charge in [0.25, 0.3) is 0 Å². The summed E-state index contributed by atoms with van der Waals surface area (Å²) in [4.78, 5) is 13.3. The largest absolute Gasteiger partial charge is 0.342 e. The van der Waals surface area contributed by atoms with Crippen molar-refractivity contribution in [2.75, 3.05) is 19.6 Å². The molecule has 2 N–H and O–H groups in total. The van der Waals surface area contributed by atoms with Gasteiger partial charge in [-0.2, -0.15) is 5.10 Å². The molecule has 1 amide bonds. The first-order valence-electron chi connectivity index (χ1n) is 5.68. The van der Waals surface area contributed by atoms with E-state index in [1.807, 2.05) is 22.8 Å². The Morgan fingerprint density at radius 3 is 2.75 bits per heavy atom. The number of hydrogen-bond acceptors (Lipinski definition) is 3. The normalized spacial score (nSPS) is 17.8. The van der Waals surface area contributed by atoms with Crippen molar-refractivity contribution in [2.45, 2.75) is 18.8 Å². The van der Waals surface area contributed by atoms with Gasteiger partial charge in [-0.1, -0.05) is 0 Å². The molecule has 5 heteroatoms. The van der Waals surface area contributed by atoms with Crippen LogP contribution in [0.4, 0.5) is 0 Å². The zero-order valence-corrected chi connectivity index (χ0v) is 9.59. The first-order chi connectivity index (χ1) is 7.72. The Bertz CT molecular complexity index is 366. The molecule has 1 fully saturated rings. The van der Waals surface area contributed by atoms with Gasteiger partial charge in [-0.25, -0.2) is 0 Å². The van der Waals surface area contributed by atoms with E-state index < -0.39 is 0 Å². The van der Waals surface area contributed by atoms with E-state index in [0.717, 1.165) is 25.9 Å². The van der Waals surface area contributed by atoms with Gasteiger partial charge in [0.15, 0.2) is 0 Å². The summed E-state index contributed by atoms with van der Waals surface area (Å²) < 4.78 is 1.92. The molecule has 0 aromatic carbocycles. The third-order valence-corrected chi connectivity index (χ3v) is 3.30. The summed E-state index contributed by atoms with van der Waals surface area (Å²) in [5.41, 5.74) is 6.61. The summed E-state index contributed by atoms with van der Waals surface area (Å²) in [6.45, 7) is 1.74. The first-order valence-corrected chi connectivity index (χ1v) is 5.68. The van der Waals surface area contributed by atoms with E-state index in [0.29, 0.717) is 5.92 Å². The molecule has 0 saturated carbocycles. The fourth-order valence-corrected chi connectivity index (χ4v) is 2.34. The van der Waals surface area contributed by atoms with Crippen LogP contribution in [0.25, 0.3) is 0 Å². The Labute approximate surface area is 95.2 Å². The van der Waals surface area contributed by atoms with Gasteiger partial charge < -0.3 is 10.6 Å². The monoisotopic (exact) mass is 222 g/mol. The lowest BCUT2D eigenvalue weighted by atomic mass is 9.93. The first kappa shape index (κ1) is 11.1. The van der Waals surface area contributed by atoms with Crippen LogP contribution in [0.2, 0.25) is 0 Å². The van der Waals surface area contributed by atoms with Crippen LogP contribution in [-0.4, -0.2) is 40.2 Å². The number of aryl methyl sites for hydroxylation is 1. The lowest BCUT2D eigenvalue weighted by Gasteiger charge is -2.31. The van der Waals surface area contributed by atoms with Crippen molar-refractivity contribution in [1.82, 2.24) is 14.7 Å². The van der Waals surface area contributed by atoms with E-state index in [1.54, 1.807) is 0 Å². The van der Waals surface area contributed by atoms with Crippen molar-refractivity contribution in [2.24, 2.45) is 12.8 Å². The number of piperidine rings is 1. The van der Waals surface area contributed by atoms with Gasteiger partial charge in [-0.15, -0.1) is 0 Å². The summed E-state index contributed by atoms with van der Waals surface area (Å²) in [7, 11) is 1.97. The number of likely N-dealkylation sites (tertiary alicyclic amines) is 1. The molecule has 88 valence electrons. The predicted octanol–water partition coefficient (Wildman–Crippen LogP) is 0.0848. The van der Waals surface area contributed by atoms with Gasteiger partial charge in [-0.05, 0) is 18.9 Å². The highest BCUT2D eigenvalue weighted by Crippen LogP contribution is 2.27. The van der Waals surface area contributed by atoms with Crippen molar-refractivity contribution in [1.29, 1.82) is 0 Å². The van der Waals surface area contributed by atoms with Gasteiger partial charge >= 0.3 is 0 Å². The number of hydrogen-bond donors (Lipinski definition) is 1. The summed E-state index contributed by atoms with van der Waals surface area (Å²) in [6, 6.07) is 2.06. The number of carbonyl (C=O) groups is 1. The van der Waals surface area contributed by atoms with Crippen LogP contribution >= 0.6 is 0 Å². The minimum atomic E-state index is 0.0588. The zero-order chi connectivity index (χ0) is 11.5. The second kappa shape index (κ2) is 4.65. The molecule has 1 aliphatic rings. The number of aromatic nitrogens is 2. The van der Waals surface area contributed by atoms with Crippen molar-refractivity contribution in [3.05, 3.63) is 18.0 Å². The molecule has 0 unspecified atom stereocenters. The summed E-state index contributed by atoms with van der Waals surface area (Å²) in [6.07, 6.45) is 3.84. The third-order valence-electron chi connectivity index (χ3n) is 3.30. The maximum absolute atomic E-state index is 11.4. The number of nitrogens with two attached hydrogens (primary N) is 1. The standard InChI is InChI=1S/C11H18N4O/c1-14-10(2-5-13-14)9-3-6-15(7-4-9)11(16)8-12/h2,5,9H,3-4,6-8,12H2,1H3. The van der Waals surface area contributed by atoms with E-state index in [9.17, 15) is 4.79 Å². The Hall–Kier alpha value is -1.36. The van der Waals surface area contributed by atoms with Crippen LogP contribution in [0.1, 0.15) is 24.5 Å². The summed E-state index contributed by atoms with van der Waals surface area (Å²) in [5, 5.41) is 4.18. The van der Waals surface area contributed by atoms with Crippen molar-refractivity contribution >= 4 is 5.91 Å². The minimum Gasteiger partial charge on any atom is -0.342 e. The highest BCUT2D eigenvalue weighted by molar-refractivity contribution is 5.78. The van der Waals surface area contributed by atoms with Crippen LogP contribution in [0.5, 0.6) is 0 Å². The second-order valence-corrected chi connectivity index (χ2v) is 4.24. The molecule has 1 aliphatic heterocycles. The van der Waals surface area contributed by atoms with E-state index in [-0.39, 0.29) is 12.5 Å². The molecule has 0 spiro atoms. The average molecular weight is 222 g/mol. The van der Waals surface area contributed by atoms with E-state index >= 15 is 0 Å². The molecule has 16 heavy (non-hydrogen) atoms. The van der Waals surface area contributed by atoms with Crippen molar-refractivity contribution < 1.29 is 4.79 Å². The molecule has 0 atom stereocenters. The van der Waals surface area contributed by atoms with E-state index in [4.69, 9.17) is 5.73 Å². The summed E-state index contributed by atoms with van der Waals surface area (Å²) >= 11 is 0. The van der Waals surface area contributed by atoms with Gasteiger partial charge in [0.1, 0.15) is 0 Å². The predicted molar refractivity (Wildman–Crippen MR) is 60.8 cm³/mol. The van der Waals surface area contributed by atoms with Crippen LogP contribution in [0, 0.1) is 0 Å². The molecule has 0 radical (unpaired) electrons. The number of nitrogens with zero attached hydrogens (tertiary/aromatic N) is 3. The fraction of sp³-hybridized carbons (Fsp3) is 0.636. The lowest BCUT2D eigenvalue weighted by molar-refractivity contribution is -0.130. The Morgan fingerprint density at radius 1 is 1.56 bits per heavy atom. The van der Waals surface area contributed by atoms with Crippen molar-refractivity contribution in [3.8, 4) is 0 Å². The van der Waals surface area contributed by atoms with Gasteiger partial charge in [0.05, 0.1) is 6.54 Å². The maximum atomic E-state index is 11.4. The van der Waals surface area contributed by atoms with Gasteiger partial charge in [-0.3, -0.25) is 9.48 Å². The molecule has 5 nitrogen and oxygen atoms in total. The molecule has 1 aromatic rings. The molecule has 2 heterocycles. The number of amides is 1. The van der Waals surface area contributed by atoms with Crippen LogP contribution < -0.4 is 5.73 Å². The van der Waals surface area contributed by atoms with Crippen molar-refractivity contribution in [3.63, 3.8) is 0 Å². The van der Waals surface area contributed by atoms with Crippen LogP contribution in [-0.2, 0) is 11.8 Å². The smallest absolute Gasteiger partial charge is 0.236 e. The van der Waals surface area contributed by atoms with E-state index in [1.165, 1.54) is 5.69 Å². The van der Waals surface area contributed by atoms with Crippen LogP contribution in [0.3, 0.4) is 0 Å². The quantitative estimate of drug-likeness (QED) is 0.771. The molecule has 1 aromatic heterocycles. The average Bonchev–Trinajstić information content (AvgIpc) is 2.75. The highest BCUT2D eigenvalue weighted by Gasteiger charge is 2.24. The molecule has 2 rings (SSSR count). The number of carbonyl (C=O) groups excluding carboxylic acids is 1. The topological polar surface area (TPSA) is 64.2 Å². The Morgan fingerprint density at radius 2 is 2.25 bits per heavy atom. The van der Waals surface area contributed by atoms with Gasteiger partial charge in [0, 0.05) is 37.9 Å². The van der Waals surface area contributed by atoms with Gasteiger partial charge in [0.2, 0.25) is 5.91 Å². The molecule has 0 aliphatic carbocycles. The third kappa shape index (κ3) is 2.09. The highest BCUT2D eigenvalue weighted by atomic mass is 16.2. The zero-order valence-electron chi connectivity index (χ0n) is 9.59. The Kier molecular flexibility index (Phi) is 3.24. The molecule has 0 bridgehead atoms. The maximum Gasteiger partial charge on any atom is 0.236 e. The number of rotatable bonds is 2. The molecule has 1 saturated heterocycles. The SMILES string of the molecule is Cn1nccc1C1CCN(C(=O)CN)CC1. The molecular formula is C11H18N4O. The lowest BCUT2D eigenvalue weighted by Crippen LogP contribution is -2.41. The van der Waals surface area contributed by atoms with Crippen LogP contribution in [0.15, 0.2) is 12.3 Å². The summed E-state index contributed by atoms with van der Waals surface area (Å²) in [5.74, 6) is 0.581. The van der Waals surface area contributed by atoms with E-state index in [2.05, 4.69) is 11.2 Å². The fourth-order valence-electron chi connectivity index (χ4n) is 2.34.